The van der Waals surface area contributed by atoms with Gasteiger partial charge in [0.1, 0.15) is 23.6 Å². The summed E-state index contributed by atoms with van der Waals surface area (Å²) in [6, 6.07) is 11.1. The standard InChI is InChI=1S/C23H13F5N4O2/c24-22(25)34-16-7-3-14(4-8-16)5-9-18-21(32-17-2-1-11-29-20(17)31-18)33-13-15-6-10-19(30-12-15)23(26,27)28/h1-4,6-8,10-12,22H,13H2. The fourth-order valence-corrected chi connectivity index (χ4v) is 2.74. The molecular formula is C23H13F5N4O2. The lowest BCUT2D eigenvalue weighted by Gasteiger charge is -2.09. The molecule has 3 heterocycles. The fourth-order valence-electron chi connectivity index (χ4n) is 2.74. The highest BCUT2D eigenvalue weighted by Gasteiger charge is 2.32. The Kier molecular flexibility index (Phi) is 6.49. The molecule has 0 saturated carbocycles. The van der Waals surface area contributed by atoms with Gasteiger partial charge in [-0.1, -0.05) is 12.0 Å². The van der Waals surface area contributed by atoms with Crippen LogP contribution in [0.2, 0.25) is 0 Å². The first kappa shape index (κ1) is 22.8. The van der Waals surface area contributed by atoms with Gasteiger partial charge >= 0.3 is 12.8 Å². The lowest BCUT2D eigenvalue weighted by atomic mass is 10.2. The molecule has 4 rings (SSSR count). The lowest BCUT2D eigenvalue weighted by molar-refractivity contribution is -0.141. The molecule has 0 spiro atoms. The molecule has 0 aliphatic rings. The molecule has 0 fully saturated rings. The topological polar surface area (TPSA) is 70.0 Å². The normalized spacial score (nSPS) is 11.2. The van der Waals surface area contributed by atoms with E-state index in [0.29, 0.717) is 22.3 Å². The van der Waals surface area contributed by atoms with E-state index >= 15 is 0 Å². The first-order valence-corrected chi connectivity index (χ1v) is 9.62. The van der Waals surface area contributed by atoms with Crippen LogP contribution in [-0.4, -0.2) is 26.5 Å². The average molecular weight is 472 g/mol. The van der Waals surface area contributed by atoms with Crippen molar-refractivity contribution < 1.29 is 31.4 Å². The Balaban J connectivity index is 1.59. The van der Waals surface area contributed by atoms with Crippen LogP contribution >= 0.6 is 0 Å². The zero-order valence-corrected chi connectivity index (χ0v) is 17.1. The minimum Gasteiger partial charge on any atom is -0.471 e. The van der Waals surface area contributed by atoms with E-state index in [1.54, 1.807) is 12.1 Å². The van der Waals surface area contributed by atoms with Gasteiger partial charge in [-0.15, -0.1) is 0 Å². The van der Waals surface area contributed by atoms with E-state index < -0.39 is 18.5 Å². The summed E-state index contributed by atoms with van der Waals surface area (Å²) in [5, 5.41) is 0. The minimum absolute atomic E-state index is 0.00980. The van der Waals surface area contributed by atoms with Crippen molar-refractivity contribution in [2.24, 2.45) is 0 Å². The summed E-state index contributed by atoms with van der Waals surface area (Å²) >= 11 is 0. The van der Waals surface area contributed by atoms with Crippen molar-refractivity contribution >= 4 is 11.2 Å². The summed E-state index contributed by atoms with van der Waals surface area (Å²) in [7, 11) is 0. The van der Waals surface area contributed by atoms with E-state index in [2.05, 4.69) is 36.5 Å². The van der Waals surface area contributed by atoms with Crippen LogP contribution < -0.4 is 9.47 Å². The quantitative estimate of drug-likeness (QED) is 0.300. The number of pyridine rings is 2. The van der Waals surface area contributed by atoms with Crippen molar-refractivity contribution in [2.75, 3.05) is 0 Å². The van der Waals surface area contributed by atoms with E-state index in [4.69, 9.17) is 4.74 Å². The second-order valence-corrected chi connectivity index (χ2v) is 6.71. The molecule has 0 N–H and O–H groups in total. The van der Waals surface area contributed by atoms with Crippen LogP contribution in [0.3, 0.4) is 0 Å². The number of benzene rings is 1. The summed E-state index contributed by atoms with van der Waals surface area (Å²) in [5.74, 6) is 5.67. The lowest BCUT2D eigenvalue weighted by Crippen LogP contribution is -2.08. The van der Waals surface area contributed by atoms with Crippen molar-refractivity contribution in [1.82, 2.24) is 19.9 Å². The van der Waals surface area contributed by atoms with Gasteiger partial charge in [0.25, 0.3) is 0 Å². The van der Waals surface area contributed by atoms with Crippen molar-refractivity contribution in [3.63, 3.8) is 0 Å². The number of hydrogen-bond donors (Lipinski definition) is 0. The molecule has 0 bridgehead atoms. The number of fused-ring (bicyclic) bond motifs is 1. The van der Waals surface area contributed by atoms with Gasteiger partial charge in [-0.25, -0.2) is 15.0 Å². The third kappa shape index (κ3) is 5.72. The fraction of sp³-hybridized carbons (Fsp3) is 0.130. The first-order chi connectivity index (χ1) is 16.3. The molecule has 11 heteroatoms. The SMILES string of the molecule is FC(F)Oc1ccc(C#Cc2nc3ncccc3nc2OCc2ccc(C(F)(F)F)nc2)cc1. The highest BCUT2D eigenvalue weighted by molar-refractivity contribution is 5.71. The van der Waals surface area contributed by atoms with Gasteiger partial charge in [-0.3, -0.25) is 4.98 Å². The largest absolute Gasteiger partial charge is 0.471 e. The maximum absolute atomic E-state index is 12.7. The summed E-state index contributed by atoms with van der Waals surface area (Å²) in [5.41, 5.74) is 0.749. The Morgan fingerprint density at radius 3 is 2.38 bits per heavy atom. The van der Waals surface area contributed by atoms with Crippen LogP contribution in [-0.2, 0) is 12.8 Å². The minimum atomic E-state index is -4.54. The predicted octanol–water partition coefficient (Wildman–Crippen LogP) is 5.02. The molecule has 0 amide bonds. The molecule has 172 valence electrons. The van der Waals surface area contributed by atoms with Crippen LogP contribution in [0.25, 0.3) is 11.2 Å². The Morgan fingerprint density at radius 2 is 1.71 bits per heavy atom. The molecule has 4 aromatic rings. The van der Waals surface area contributed by atoms with Gasteiger partial charge in [0.2, 0.25) is 5.88 Å². The van der Waals surface area contributed by atoms with Crippen LogP contribution in [0.5, 0.6) is 11.6 Å². The first-order valence-electron chi connectivity index (χ1n) is 9.62. The smallest absolute Gasteiger partial charge is 0.433 e. The van der Waals surface area contributed by atoms with Crippen LogP contribution in [0.1, 0.15) is 22.5 Å². The third-order valence-electron chi connectivity index (χ3n) is 4.30. The van der Waals surface area contributed by atoms with Crippen molar-refractivity contribution in [2.45, 2.75) is 19.4 Å². The van der Waals surface area contributed by atoms with Gasteiger partial charge in [-0.05, 0) is 48.4 Å². The average Bonchev–Trinajstić information content (AvgIpc) is 2.81. The summed E-state index contributed by atoms with van der Waals surface area (Å²) in [4.78, 5) is 16.2. The van der Waals surface area contributed by atoms with Gasteiger partial charge in [-0.2, -0.15) is 22.0 Å². The number of nitrogens with zero attached hydrogens (tertiary/aromatic N) is 4. The zero-order chi connectivity index (χ0) is 24.1. The number of hydrogen-bond acceptors (Lipinski definition) is 6. The number of alkyl halides is 5. The Hall–Kier alpha value is -4.33. The van der Waals surface area contributed by atoms with E-state index in [1.165, 1.54) is 36.5 Å². The molecule has 0 unspecified atom stereocenters. The second kappa shape index (κ2) is 9.66. The second-order valence-electron chi connectivity index (χ2n) is 6.71. The Morgan fingerprint density at radius 1 is 0.912 bits per heavy atom. The van der Waals surface area contributed by atoms with Gasteiger partial charge in [0.15, 0.2) is 11.3 Å². The predicted molar refractivity (Wildman–Crippen MR) is 110 cm³/mol. The zero-order valence-electron chi connectivity index (χ0n) is 17.1. The highest BCUT2D eigenvalue weighted by Crippen LogP contribution is 2.27. The molecule has 6 nitrogen and oxygen atoms in total. The van der Waals surface area contributed by atoms with Gasteiger partial charge < -0.3 is 9.47 Å². The van der Waals surface area contributed by atoms with E-state index in [-0.39, 0.29) is 23.9 Å². The maximum atomic E-state index is 12.7. The van der Waals surface area contributed by atoms with Crippen molar-refractivity contribution in [3.8, 4) is 23.5 Å². The molecule has 0 saturated heterocycles. The molecule has 0 atom stereocenters. The molecular weight excluding hydrogens is 459 g/mol. The van der Waals surface area contributed by atoms with Crippen molar-refractivity contribution in [3.05, 3.63) is 83.4 Å². The Labute approximate surface area is 189 Å². The molecule has 0 radical (unpaired) electrons. The number of ether oxygens (including phenoxy) is 2. The number of halogens is 5. The van der Waals surface area contributed by atoms with E-state index in [1.807, 2.05) is 0 Å². The Bertz CT molecular complexity index is 1350. The van der Waals surface area contributed by atoms with Crippen molar-refractivity contribution in [1.29, 1.82) is 0 Å². The molecule has 3 aromatic heterocycles. The van der Waals surface area contributed by atoms with Crippen LogP contribution in [0.15, 0.2) is 60.9 Å². The molecule has 0 aliphatic carbocycles. The highest BCUT2D eigenvalue weighted by atomic mass is 19.4. The van der Waals surface area contributed by atoms with Gasteiger partial charge in [0.05, 0.1) is 0 Å². The molecule has 34 heavy (non-hydrogen) atoms. The number of rotatable bonds is 5. The van der Waals surface area contributed by atoms with E-state index in [0.717, 1.165) is 12.3 Å². The maximum Gasteiger partial charge on any atom is 0.433 e. The van der Waals surface area contributed by atoms with Gasteiger partial charge in [0, 0.05) is 23.5 Å². The third-order valence-corrected chi connectivity index (χ3v) is 4.30. The summed E-state index contributed by atoms with van der Waals surface area (Å²) < 4.78 is 72.7. The van der Waals surface area contributed by atoms with Crippen LogP contribution in [0.4, 0.5) is 22.0 Å². The van der Waals surface area contributed by atoms with E-state index in [9.17, 15) is 22.0 Å². The summed E-state index contributed by atoms with van der Waals surface area (Å²) in [6.07, 6.45) is -1.94. The molecule has 1 aromatic carbocycles. The monoisotopic (exact) mass is 472 g/mol. The number of aromatic nitrogens is 4. The van der Waals surface area contributed by atoms with Crippen LogP contribution in [0, 0.1) is 11.8 Å². The summed E-state index contributed by atoms with van der Waals surface area (Å²) in [6.45, 7) is -3.06. The molecule has 0 aliphatic heterocycles.